The third-order valence-electron chi connectivity index (χ3n) is 3.40. The van der Waals surface area contributed by atoms with Crippen molar-refractivity contribution in [2.45, 2.75) is 44.4 Å². The van der Waals surface area contributed by atoms with Gasteiger partial charge in [0.05, 0.1) is 0 Å². The van der Waals surface area contributed by atoms with E-state index in [0.29, 0.717) is 12.0 Å². The molecule has 0 saturated heterocycles. The Kier molecular flexibility index (Phi) is 13.4. The molecule has 0 atom stereocenters. The van der Waals surface area contributed by atoms with Gasteiger partial charge in [0.1, 0.15) is 0 Å². The fraction of sp³-hybridized carbons (Fsp3) is 0.467. The van der Waals surface area contributed by atoms with Gasteiger partial charge < -0.3 is 10.2 Å². The van der Waals surface area contributed by atoms with E-state index in [2.05, 4.69) is 6.92 Å². The zero-order valence-electron chi connectivity index (χ0n) is 11.1. The minimum absolute atomic E-state index is 0. The SMILES string of the molecule is CCCCCCC(C(=O)O)(C(=O)O)c1ccccc1.[KH].[LiH]. The molecule has 6 heteroatoms. The number of hydrogen-bond donors (Lipinski definition) is 2. The molecule has 0 radical (unpaired) electrons. The molecule has 1 aromatic carbocycles. The Morgan fingerprint density at radius 2 is 1.52 bits per heavy atom. The van der Waals surface area contributed by atoms with Crippen LogP contribution in [0.1, 0.15) is 44.6 Å². The molecule has 0 spiro atoms. The van der Waals surface area contributed by atoms with Gasteiger partial charge in [-0.2, -0.15) is 0 Å². The summed E-state index contributed by atoms with van der Waals surface area (Å²) in [5, 5.41) is 18.8. The van der Waals surface area contributed by atoms with Crippen molar-refractivity contribution in [3.8, 4) is 0 Å². The Hall–Kier alpha value is 0.394. The molecular formula is C15H22KLiO4. The van der Waals surface area contributed by atoms with Crippen molar-refractivity contribution in [2.75, 3.05) is 0 Å². The summed E-state index contributed by atoms with van der Waals surface area (Å²) < 4.78 is 0. The summed E-state index contributed by atoms with van der Waals surface area (Å²) >= 11 is 0. The van der Waals surface area contributed by atoms with Crippen molar-refractivity contribution in [3.05, 3.63) is 35.9 Å². The van der Waals surface area contributed by atoms with Gasteiger partial charge in [0, 0.05) is 0 Å². The normalized spacial score (nSPS) is 10.1. The number of carboxylic acid groups (broad SMARTS) is 2. The van der Waals surface area contributed by atoms with E-state index in [0.717, 1.165) is 19.3 Å². The van der Waals surface area contributed by atoms with Crippen LogP contribution in [-0.4, -0.2) is 92.4 Å². The molecule has 0 fully saturated rings. The fourth-order valence-corrected chi connectivity index (χ4v) is 2.24. The summed E-state index contributed by atoms with van der Waals surface area (Å²) in [5.41, 5.74) is -1.49. The Bertz CT molecular complexity index is 423. The predicted octanol–water partition coefficient (Wildman–Crippen LogP) is 1.77. The van der Waals surface area contributed by atoms with Gasteiger partial charge in [0.15, 0.2) is 5.41 Å². The number of carboxylic acids is 2. The van der Waals surface area contributed by atoms with Crippen LogP contribution in [0, 0.1) is 0 Å². The van der Waals surface area contributed by atoms with Crippen molar-refractivity contribution < 1.29 is 19.8 Å². The zero-order chi connectivity index (χ0) is 14.3. The van der Waals surface area contributed by atoms with Crippen LogP contribution in [0.25, 0.3) is 0 Å². The third-order valence-corrected chi connectivity index (χ3v) is 3.40. The molecule has 0 aromatic heterocycles. The van der Waals surface area contributed by atoms with Crippen LogP contribution in [0.4, 0.5) is 0 Å². The maximum absolute atomic E-state index is 11.5. The Labute approximate surface area is 180 Å². The minimum atomic E-state index is -1.82. The molecule has 2 N–H and O–H groups in total. The molecule has 21 heavy (non-hydrogen) atoms. The van der Waals surface area contributed by atoms with E-state index in [1.165, 1.54) is 0 Å². The van der Waals surface area contributed by atoms with Crippen molar-refractivity contribution in [1.82, 2.24) is 0 Å². The molecular weight excluding hydrogens is 290 g/mol. The molecule has 108 valence electrons. The molecule has 0 heterocycles. The summed E-state index contributed by atoms with van der Waals surface area (Å²) in [7, 11) is 0. The Morgan fingerprint density at radius 3 is 1.95 bits per heavy atom. The van der Waals surface area contributed by atoms with Crippen LogP contribution in [0.15, 0.2) is 30.3 Å². The van der Waals surface area contributed by atoms with Crippen molar-refractivity contribution in [2.24, 2.45) is 0 Å². The molecule has 0 amide bonds. The monoisotopic (exact) mass is 312 g/mol. The van der Waals surface area contributed by atoms with Gasteiger partial charge >= 0.3 is 82.2 Å². The van der Waals surface area contributed by atoms with Gasteiger partial charge in [0.2, 0.25) is 0 Å². The van der Waals surface area contributed by atoms with Crippen LogP contribution in [0.5, 0.6) is 0 Å². The second-order valence-electron chi connectivity index (χ2n) is 4.69. The molecule has 1 rings (SSSR count). The number of unbranched alkanes of at least 4 members (excludes halogenated alkanes) is 3. The number of aliphatic carboxylic acids is 2. The first-order chi connectivity index (χ1) is 9.05. The average Bonchev–Trinajstić information content (AvgIpc) is 2.39. The van der Waals surface area contributed by atoms with Gasteiger partial charge in [-0.3, -0.25) is 9.59 Å². The molecule has 1 aromatic rings. The fourth-order valence-electron chi connectivity index (χ4n) is 2.24. The van der Waals surface area contributed by atoms with E-state index >= 15 is 0 Å². The van der Waals surface area contributed by atoms with Crippen LogP contribution in [-0.2, 0) is 15.0 Å². The van der Waals surface area contributed by atoms with Crippen molar-refractivity contribution >= 4 is 82.2 Å². The van der Waals surface area contributed by atoms with E-state index in [1.54, 1.807) is 30.3 Å². The van der Waals surface area contributed by atoms with Gasteiger partial charge in [-0.25, -0.2) is 0 Å². The first-order valence-corrected chi connectivity index (χ1v) is 6.58. The van der Waals surface area contributed by atoms with Gasteiger partial charge in [-0.15, -0.1) is 0 Å². The second kappa shape index (κ2) is 11.9. The molecule has 0 aliphatic rings. The van der Waals surface area contributed by atoms with Crippen LogP contribution < -0.4 is 0 Å². The van der Waals surface area contributed by atoms with E-state index in [4.69, 9.17) is 0 Å². The molecule has 0 aliphatic heterocycles. The van der Waals surface area contributed by atoms with E-state index in [-0.39, 0.29) is 76.7 Å². The third kappa shape index (κ3) is 6.19. The van der Waals surface area contributed by atoms with Crippen LogP contribution >= 0.6 is 0 Å². The van der Waals surface area contributed by atoms with Crippen LogP contribution in [0.2, 0.25) is 0 Å². The van der Waals surface area contributed by atoms with Crippen LogP contribution in [0.3, 0.4) is 0 Å². The first-order valence-electron chi connectivity index (χ1n) is 6.58. The molecule has 0 saturated carbocycles. The zero-order valence-corrected chi connectivity index (χ0v) is 11.1. The average molecular weight is 312 g/mol. The summed E-state index contributed by atoms with van der Waals surface area (Å²) in [4.78, 5) is 23.1. The quantitative estimate of drug-likeness (QED) is 0.436. The number of benzene rings is 1. The van der Waals surface area contributed by atoms with Gasteiger partial charge in [-0.05, 0) is 12.0 Å². The molecule has 0 unspecified atom stereocenters. The van der Waals surface area contributed by atoms with Crippen molar-refractivity contribution in [1.29, 1.82) is 0 Å². The Morgan fingerprint density at radius 1 is 1.00 bits per heavy atom. The summed E-state index contributed by atoms with van der Waals surface area (Å²) in [5.74, 6) is -2.58. The molecule has 0 aliphatic carbocycles. The van der Waals surface area contributed by atoms with Gasteiger partial charge in [-0.1, -0.05) is 62.9 Å². The number of carbonyl (C=O) groups is 2. The Balaban J connectivity index is 0. The van der Waals surface area contributed by atoms with Gasteiger partial charge in [0.25, 0.3) is 0 Å². The van der Waals surface area contributed by atoms with Crippen molar-refractivity contribution in [3.63, 3.8) is 0 Å². The second-order valence-corrected chi connectivity index (χ2v) is 4.69. The van der Waals surface area contributed by atoms with E-state index in [9.17, 15) is 19.8 Å². The summed E-state index contributed by atoms with van der Waals surface area (Å²) in [6.07, 6.45) is 3.59. The summed E-state index contributed by atoms with van der Waals surface area (Å²) in [6.45, 7) is 2.05. The van der Waals surface area contributed by atoms with E-state index < -0.39 is 17.4 Å². The maximum atomic E-state index is 11.5. The summed E-state index contributed by atoms with van der Waals surface area (Å²) in [6, 6.07) is 8.23. The molecule has 0 bridgehead atoms. The number of hydrogen-bond acceptors (Lipinski definition) is 2. The first kappa shape index (κ1) is 23.7. The predicted molar refractivity (Wildman–Crippen MR) is 86.4 cm³/mol. The number of rotatable bonds is 8. The molecule has 4 nitrogen and oxygen atoms in total. The van der Waals surface area contributed by atoms with E-state index in [1.807, 2.05) is 0 Å². The standard InChI is InChI=1S/C15H20O4.K.Li.2H/c1-2-3-4-8-11-15(13(16)17,14(18)19)12-9-6-5-7-10-12;;;;/h5-7,9-10H,2-4,8,11H2,1H3,(H,16,17)(H,18,19);;;;. The topological polar surface area (TPSA) is 74.6 Å².